The number of carbonyl (C=O) groups is 1. The van der Waals surface area contributed by atoms with Crippen LogP contribution in [0.25, 0.3) is 0 Å². The van der Waals surface area contributed by atoms with Crippen molar-refractivity contribution in [2.24, 2.45) is 5.73 Å². The zero-order valence-electron chi connectivity index (χ0n) is 11.9. The van der Waals surface area contributed by atoms with Crippen molar-refractivity contribution < 1.29 is 9.53 Å². The van der Waals surface area contributed by atoms with Crippen LogP contribution < -0.4 is 5.73 Å². The number of esters is 1. The Labute approximate surface area is 119 Å². The van der Waals surface area contributed by atoms with Crippen LogP contribution in [0.15, 0.2) is 42.7 Å². The molecule has 0 bridgehead atoms. The van der Waals surface area contributed by atoms with E-state index in [0.29, 0.717) is 5.56 Å². The van der Waals surface area contributed by atoms with E-state index in [9.17, 15) is 4.79 Å². The minimum absolute atomic E-state index is 0.0953. The Hall–Kier alpha value is -2.07. The molecule has 1 unspecified atom stereocenters. The predicted octanol–water partition coefficient (Wildman–Crippen LogP) is 2.73. The number of aromatic nitrogens is 1. The minimum Gasteiger partial charge on any atom is -0.465 e. The van der Waals surface area contributed by atoms with Gasteiger partial charge >= 0.3 is 5.97 Å². The highest BCUT2D eigenvalue weighted by Gasteiger charge is 2.06. The van der Waals surface area contributed by atoms with Gasteiger partial charge in [-0.1, -0.05) is 19.1 Å². The van der Waals surface area contributed by atoms with Gasteiger partial charge in [0.2, 0.25) is 0 Å². The van der Waals surface area contributed by atoms with Crippen LogP contribution in [-0.2, 0) is 11.3 Å². The summed E-state index contributed by atoms with van der Waals surface area (Å²) in [4.78, 5) is 11.4. The van der Waals surface area contributed by atoms with Gasteiger partial charge in [0, 0.05) is 25.0 Å². The van der Waals surface area contributed by atoms with E-state index >= 15 is 0 Å². The Balaban J connectivity index is 2.06. The van der Waals surface area contributed by atoms with Crippen molar-refractivity contribution in [3.63, 3.8) is 0 Å². The zero-order valence-corrected chi connectivity index (χ0v) is 11.9. The summed E-state index contributed by atoms with van der Waals surface area (Å²) < 4.78 is 6.77. The second-order valence-electron chi connectivity index (χ2n) is 4.82. The van der Waals surface area contributed by atoms with Crippen LogP contribution in [0.5, 0.6) is 0 Å². The third-order valence-corrected chi connectivity index (χ3v) is 3.38. The summed E-state index contributed by atoms with van der Waals surface area (Å²) in [6.07, 6.45) is 5.03. The van der Waals surface area contributed by atoms with E-state index in [1.165, 1.54) is 7.11 Å². The molecule has 1 aromatic heterocycles. The average molecular weight is 272 g/mol. The molecule has 1 heterocycles. The summed E-state index contributed by atoms with van der Waals surface area (Å²) in [5.41, 5.74) is 8.85. The molecule has 0 aliphatic rings. The van der Waals surface area contributed by atoms with Gasteiger partial charge in [-0.05, 0) is 35.7 Å². The average Bonchev–Trinajstić information content (AvgIpc) is 2.95. The summed E-state index contributed by atoms with van der Waals surface area (Å²) in [6.45, 7) is 2.84. The van der Waals surface area contributed by atoms with Crippen LogP contribution in [0.2, 0.25) is 0 Å². The van der Waals surface area contributed by atoms with Crippen LogP contribution in [0.4, 0.5) is 0 Å². The molecule has 0 radical (unpaired) electrons. The highest BCUT2D eigenvalue weighted by atomic mass is 16.5. The van der Waals surface area contributed by atoms with Gasteiger partial charge in [0.25, 0.3) is 0 Å². The Kier molecular flexibility index (Phi) is 4.58. The normalized spacial score (nSPS) is 12.2. The van der Waals surface area contributed by atoms with Crippen LogP contribution >= 0.6 is 0 Å². The number of rotatable bonds is 5. The lowest BCUT2D eigenvalue weighted by molar-refractivity contribution is 0.0600. The zero-order chi connectivity index (χ0) is 14.5. The van der Waals surface area contributed by atoms with E-state index in [-0.39, 0.29) is 12.0 Å². The molecule has 0 fully saturated rings. The number of nitrogens with zero attached hydrogens (tertiary/aromatic N) is 1. The molecule has 4 heteroatoms. The van der Waals surface area contributed by atoms with Crippen molar-refractivity contribution in [2.75, 3.05) is 7.11 Å². The lowest BCUT2D eigenvalue weighted by atomic mass is 10.1. The van der Waals surface area contributed by atoms with E-state index in [1.807, 2.05) is 18.3 Å². The fourth-order valence-corrected chi connectivity index (χ4v) is 2.09. The fraction of sp³-hybridized carbons (Fsp3) is 0.312. The summed E-state index contributed by atoms with van der Waals surface area (Å²) in [5.74, 6) is -0.311. The Morgan fingerprint density at radius 3 is 2.60 bits per heavy atom. The van der Waals surface area contributed by atoms with Crippen molar-refractivity contribution in [3.05, 3.63) is 59.4 Å². The van der Waals surface area contributed by atoms with Gasteiger partial charge in [-0.3, -0.25) is 0 Å². The van der Waals surface area contributed by atoms with Gasteiger partial charge in [0.15, 0.2) is 0 Å². The van der Waals surface area contributed by atoms with E-state index in [2.05, 4.69) is 28.5 Å². The van der Waals surface area contributed by atoms with Gasteiger partial charge in [0.05, 0.1) is 12.7 Å². The lowest BCUT2D eigenvalue weighted by Crippen LogP contribution is -2.07. The minimum atomic E-state index is -0.311. The van der Waals surface area contributed by atoms with Gasteiger partial charge < -0.3 is 15.0 Å². The molecular weight excluding hydrogens is 252 g/mol. The molecule has 2 rings (SSSR count). The first-order valence-corrected chi connectivity index (χ1v) is 6.72. The number of ether oxygens (including phenoxy) is 1. The summed E-state index contributed by atoms with van der Waals surface area (Å²) in [7, 11) is 1.38. The van der Waals surface area contributed by atoms with Crippen LogP contribution in [0, 0.1) is 0 Å². The molecule has 2 N–H and O–H groups in total. The first-order chi connectivity index (χ1) is 9.63. The number of hydrogen-bond donors (Lipinski definition) is 1. The maximum Gasteiger partial charge on any atom is 0.337 e. The summed E-state index contributed by atoms with van der Waals surface area (Å²) in [6, 6.07) is 9.58. The highest BCUT2D eigenvalue weighted by Crippen LogP contribution is 2.15. The van der Waals surface area contributed by atoms with Gasteiger partial charge in [0.1, 0.15) is 0 Å². The summed E-state index contributed by atoms with van der Waals surface area (Å²) in [5, 5.41) is 0. The van der Waals surface area contributed by atoms with Gasteiger partial charge in [-0.25, -0.2) is 4.79 Å². The lowest BCUT2D eigenvalue weighted by Gasteiger charge is -2.06. The van der Waals surface area contributed by atoms with E-state index in [1.54, 1.807) is 12.1 Å². The van der Waals surface area contributed by atoms with E-state index in [0.717, 1.165) is 24.1 Å². The maximum atomic E-state index is 11.4. The smallest absolute Gasteiger partial charge is 0.337 e. The summed E-state index contributed by atoms with van der Waals surface area (Å²) >= 11 is 0. The molecule has 20 heavy (non-hydrogen) atoms. The standard InChI is InChI=1S/C16H20N2O2/c1-3-15(17)14-8-9-18(11-14)10-12-4-6-13(7-5-12)16(19)20-2/h4-9,11,15H,3,10,17H2,1-2H3. The molecule has 2 aromatic rings. The molecule has 0 amide bonds. The number of methoxy groups -OCH3 is 1. The van der Waals surface area contributed by atoms with Crippen molar-refractivity contribution in [2.45, 2.75) is 25.9 Å². The van der Waals surface area contributed by atoms with Crippen molar-refractivity contribution >= 4 is 5.97 Å². The van der Waals surface area contributed by atoms with Crippen LogP contribution in [-0.4, -0.2) is 17.6 Å². The number of hydrogen-bond acceptors (Lipinski definition) is 3. The molecule has 106 valence electrons. The number of carbonyl (C=O) groups excluding carboxylic acids is 1. The second-order valence-corrected chi connectivity index (χ2v) is 4.82. The number of benzene rings is 1. The largest absolute Gasteiger partial charge is 0.465 e. The van der Waals surface area contributed by atoms with Crippen molar-refractivity contribution in [1.29, 1.82) is 0 Å². The SMILES string of the molecule is CCC(N)c1ccn(Cc2ccc(C(=O)OC)cc2)c1. The number of nitrogens with two attached hydrogens (primary N) is 1. The highest BCUT2D eigenvalue weighted by molar-refractivity contribution is 5.89. The molecule has 0 aliphatic carbocycles. The predicted molar refractivity (Wildman–Crippen MR) is 78.5 cm³/mol. The van der Waals surface area contributed by atoms with Crippen molar-refractivity contribution in [3.8, 4) is 0 Å². The van der Waals surface area contributed by atoms with E-state index in [4.69, 9.17) is 5.73 Å². The topological polar surface area (TPSA) is 57.2 Å². The molecule has 4 nitrogen and oxygen atoms in total. The second kappa shape index (κ2) is 6.39. The maximum absolute atomic E-state index is 11.4. The molecule has 1 aromatic carbocycles. The molecule has 0 aliphatic heterocycles. The Morgan fingerprint density at radius 1 is 1.30 bits per heavy atom. The van der Waals surface area contributed by atoms with Gasteiger partial charge in [-0.2, -0.15) is 0 Å². The van der Waals surface area contributed by atoms with Crippen LogP contribution in [0.1, 0.15) is 40.9 Å². The third-order valence-electron chi connectivity index (χ3n) is 3.38. The Morgan fingerprint density at radius 2 is 2.00 bits per heavy atom. The molecule has 1 atom stereocenters. The third kappa shape index (κ3) is 3.27. The molecule has 0 saturated heterocycles. The molecule has 0 saturated carbocycles. The quantitative estimate of drug-likeness (QED) is 0.851. The molecular formula is C16H20N2O2. The van der Waals surface area contributed by atoms with E-state index < -0.39 is 0 Å². The van der Waals surface area contributed by atoms with Crippen molar-refractivity contribution in [1.82, 2.24) is 4.57 Å². The Bertz CT molecular complexity index is 572. The monoisotopic (exact) mass is 272 g/mol. The first-order valence-electron chi connectivity index (χ1n) is 6.72. The first kappa shape index (κ1) is 14.3. The van der Waals surface area contributed by atoms with Gasteiger partial charge in [-0.15, -0.1) is 0 Å². The fourth-order valence-electron chi connectivity index (χ4n) is 2.09. The van der Waals surface area contributed by atoms with Crippen LogP contribution in [0.3, 0.4) is 0 Å². The molecule has 0 spiro atoms.